The molecule has 124 valence electrons. The summed E-state index contributed by atoms with van der Waals surface area (Å²) >= 11 is 0. The number of carbonyl (C=O) groups excluding carboxylic acids is 2. The minimum atomic E-state index is -1.09. The molecule has 1 saturated heterocycles. The second kappa shape index (κ2) is 5.81. The Morgan fingerprint density at radius 1 is 1.43 bits per heavy atom. The number of aliphatic hydroxyl groups is 1. The Morgan fingerprint density at radius 2 is 2.13 bits per heavy atom. The number of amides is 3. The molecule has 0 bridgehead atoms. The summed E-state index contributed by atoms with van der Waals surface area (Å²) in [5, 5.41) is 12.7. The lowest BCUT2D eigenvalue weighted by molar-refractivity contribution is -0.132. The van der Waals surface area contributed by atoms with Gasteiger partial charge in [-0.3, -0.25) is 9.69 Å². The van der Waals surface area contributed by atoms with Gasteiger partial charge in [-0.15, -0.1) is 0 Å². The van der Waals surface area contributed by atoms with Gasteiger partial charge in [0.1, 0.15) is 18.2 Å². The molecule has 6 nitrogen and oxygen atoms in total. The minimum absolute atomic E-state index is 0.0200. The van der Waals surface area contributed by atoms with Crippen molar-refractivity contribution in [2.45, 2.75) is 31.4 Å². The third-order valence-electron chi connectivity index (χ3n) is 4.36. The Bertz CT molecular complexity index is 634. The molecule has 0 unspecified atom stereocenters. The van der Waals surface area contributed by atoms with Crippen LogP contribution in [0.15, 0.2) is 24.3 Å². The molecule has 2 N–H and O–H groups in total. The van der Waals surface area contributed by atoms with E-state index in [9.17, 15) is 19.1 Å². The SMILES string of the molecule is C[C@]1(C2CC2)NC(=O)N(C[C@H](O)COc2ccccc2F)C1=O. The molecule has 23 heavy (non-hydrogen) atoms. The number of imide groups is 1. The van der Waals surface area contributed by atoms with Crippen molar-refractivity contribution < 1.29 is 23.8 Å². The quantitative estimate of drug-likeness (QED) is 0.774. The largest absolute Gasteiger partial charge is 0.488 e. The molecule has 2 aliphatic rings. The van der Waals surface area contributed by atoms with E-state index in [1.807, 2.05) is 0 Å². The predicted molar refractivity (Wildman–Crippen MR) is 79.3 cm³/mol. The molecule has 2 fully saturated rings. The van der Waals surface area contributed by atoms with Crippen molar-refractivity contribution in [2.75, 3.05) is 13.2 Å². The zero-order valence-electron chi connectivity index (χ0n) is 12.8. The lowest BCUT2D eigenvalue weighted by Crippen LogP contribution is -2.46. The van der Waals surface area contributed by atoms with E-state index in [0.717, 1.165) is 17.7 Å². The number of nitrogens with zero attached hydrogens (tertiary/aromatic N) is 1. The number of rotatable bonds is 6. The van der Waals surface area contributed by atoms with Crippen LogP contribution in [0.3, 0.4) is 0 Å². The Morgan fingerprint density at radius 3 is 2.78 bits per heavy atom. The molecule has 2 atom stereocenters. The fourth-order valence-corrected chi connectivity index (χ4v) is 2.83. The zero-order chi connectivity index (χ0) is 16.6. The average molecular weight is 322 g/mol. The lowest BCUT2D eigenvalue weighted by Gasteiger charge is -2.22. The van der Waals surface area contributed by atoms with Crippen LogP contribution >= 0.6 is 0 Å². The van der Waals surface area contributed by atoms with E-state index in [4.69, 9.17) is 4.74 Å². The minimum Gasteiger partial charge on any atom is -0.488 e. The van der Waals surface area contributed by atoms with E-state index in [0.29, 0.717) is 0 Å². The Kier molecular flexibility index (Phi) is 3.97. The molecule has 3 rings (SSSR count). The third-order valence-corrected chi connectivity index (χ3v) is 4.36. The number of para-hydroxylation sites is 1. The van der Waals surface area contributed by atoms with Crippen LogP contribution in [0.1, 0.15) is 19.8 Å². The molecule has 1 saturated carbocycles. The van der Waals surface area contributed by atoms with Crippen LogP contribution in [-0.4, -0.2) is 46.7 Å². The maximum absolute atomic E-state index is 13.4. The maximum atomic E-state index is 13.4. The molecule has 1 aromatic rings. The van der Waals surface area contributed by atoms with E-state index in [1.165, 1.54) is 18.2 Å². The van der Waals surface area contributed by atoms with Gasteiger partial charge < -0.3 is 15.2 Å². The van der Waals surface area contributed by atoms with Gasteiger partial charge in [0.2, 0.25) is 0 Å². The van der Waals surface area contributed by atoms with Crippen molar-refractivity contribution >= 4 is 11.9 Å². The molecule has 0 aromatic heterocycles. The molecule has 7 heteroatoms. The standard InChI is InChI=1S/C16H19FN2O4/c1-16(10-6-7-10)14(21)19(15(22)18-16)8-11(20)9-23-13-5-3-2-4-12(13)17/h2-5,10-11,20H,6-9H2,1H3,(H,18,22)/t11-,16+/m0/s1. The summed E-state index contributed by atoms with van der Waals surface area (Å²) in [5.74, 6) is -0.673. The van der Waals surface area contributed by atoms with E-state index < -0.39 is 23.5 Å². The van der Waals surface area contributed by atoms with Crippen molar-refractivity contribution in [3.8, 4) is 5.75 Å². The number of hydrogen-bond acceptors (Lipinski definition) is 4. The van der Waals surface area contributed by atoms with Gasteiger partial charge in [-0.25, -0.2) is 9.18 Å². The van der Waals surface area contributed by atoms with Crippen LogP contribution < -0.4 is 10.1 Å². The fourth-order valence-electron chi connectivity index (χ4n) is 2.83. The summed E-state index contributed by atoms with van der Waals surface area (Å²) in [4.78, 5) is 25.4. The van der Waals surface area contributed by atoms with Crippen molar-refractivity contribution in [1.82, 2.24) is 10.2 Å². The van der Waals surface area contributed by atoms with Crippen LogP contribution in [0.5, 0.6) is 5.75 Å². The topological polar surface area (TPSA) is 78.9 Å². The van der Waals surface area contributed by atoms with Gasteiger partial charge >= 0.3 is 6.03 Å². The maximum Gasteiger partial charge on any atom is 0.325 e. The van der Waals surface area contributed by atoms with E-state index in [1.54, 1.807) is 13.0 Å². The normalized spacial score (nSPS) is 25.4. The van der Waals surface area contributed by atoms with Crippen molar-refractivity contribution in [3.63, 3.8) is 0 Å². The third kappa shape index (κ3) is 3.01. The second-order valence-corrected chi connectivity index (χ2v) is 6.22. The van der Waals surface area contributed by atoms with Gasteiger partial charge in [0.15, 0.2) is 11.6 Å². The van der Waals surface area contributed by atoms with Gasteiger partial charge in [-0.05, 0) is 37.8 Å². The molecular weight excluding hydrogens is 303 g/mol. The molecule has 0 spiro atoms. The number of β-amino-alcohol motifs (C(OH)–C–C–N with tert-alkyl or cyclic N) is 1. The highest BCUT2D eigenvalue weighted by atomic mass is 19.1. The first-order chi connectivity index (χ1) is 10.9. The fraction of sp³-hybridized carbons (Fsp3) is 0.500. The highest BCUT2D eigenvalue weighted by molar-refractivity contribution is 6.07. The molecular formula is C16H19FN2O4. The summed E-state index contributed by atoms with van der Waals surface area (Å²) in [6.45, 7) is 1.33. The summed E-state index contributed by atoms with van der Waals surface area (Å²) in [6, 6.07) is 5.34. The summed E-state index contributed by atoms with van der Waals surface area (Å²) in [5.41, 5.74) is -0.872. The Labute approximate surface area is 133 Å². The first-order valence-electron chi connectivity index (χ1n) is 7.61. The average Bonchev–Trinajstić information content (AvgIpc) is 3.33. The van der Waals surface area contributed by atoms with E-state index >= 15 is 0 Å². The first-order valence-corrected chi connectivity index (χ1v) is 7.61. The summed E-state index contributed by atoms with van der Waals surface area (Å²) in [7, 11) is 0. The van der Waals surface area contributed by atoms with Gasteiger partial charge in [0, 0.05) is 0 Å². The Balaban J connectivity index is 1.57. The second-order valence-electron chi connectivity index (χ2n) is 6.22. The van der Waals surface area contributed by atoms with E-state index in [-0.39, 0.29) is 30.7 Å². The number of hydrogen-bond donors (Lipinski definition) is 2. The van der Waals surface area contributed by atoms with Gasteiger partial charge in [-0.2, -0.15) is 0 Å². The number of urea groups is 1. The number of carbonyl (C=O) groups is 2. The van der Waals surface area contributed by atoms with Gasteiger partial charge in [0.25, 0.3) is 5.91 Å². The number of nitrogens with one attached hydrogen (secondary N) is 1. The first kappa shape index (κ1) is 15.7. The number of ether oxygens (including phenoxy) is 1. The van der Waals surface area contributed by atoms with Crippen LogP contribution in [0.25, 0.3) is 0 Å². The highest BCUT2D eigenvalue weighted by Crippen LogP contribution is 2.42. The number of benzene rings is 1. The van der Waals surface area contributed by atoms with Crippen molar-refractivity contribution in [3.05, 3.63) is 30.1 Å². The van der Waals surface area contributed by atoms with Crippen LogP contribution in [0.4, 0.5) is 9.18 Å². The highest BCUT2D eigenvalue weighted by Gasteiger charge is 2.56. The molecule has 3 amide bonds. The predicted octanol–water partition coefficient (Wildman–Crippen LogP) is 1.29. The molecule has 1 aliphatic carbocycles. The Hall–Kier alpha value is -2.15. The summed E-state index contributed by atoms with van der Waals surface area (Å²) < 4.78 is 18.6. The van der Waals surface area contributed by atoms with Crippen molar-refractivity contribution in [1.29, 1.82) is 0 Å². The van der Waals surface area contributed by atoms with Crippen LogP contribution in [-0.2, 0) is 4.79 Å². The zero-order valence-corrected chi connectivity index (χ0v) is 12.8. The monoisotopic (exact) mass is 322 g/mol. The van der Waals surface area contributed by atoms with Gasteiger partial charge in [-0.1, -0.05) is 12.1 Å². The summed E-state index contributed by atoms with van der Waals surface area (Å²) in [6.07, 6.45) is 0.732. The van der Waals surface area contributed by atoms with Crippen molar-refractivity contribution in [2.24, 2.45) is 5.92 Å². The number of halogens is 1. The van der Waals surface area contributed by atoms with E-state index in [2.05, 4.69) is 5.32 Å². The number of aliphatic hydroxyl groups excluding tert-OH is 1. The van der Waals surface area contributed by atoms with Crippen LogP contribution in [0.2, 0.25) is 0 Å². The smallest absolute Gasteiger partial charge is 0.325 e. The lowest BCUT2D eigenvalue weighted by atomic mass is 9.96. The van der Waals surface area contributed by atoms with Gasteiger partial charge in [0.05, 0.1) is 6.54 Å². The molecule has 0 radical (unpaired) electrons. The molecule has 1 heterocycles. The van der Waals surface area contributed by atoms with Crippen LogP contribution in [0, 0.1) is 11.7 Å². The molecule has 1 aromatic carbocycles. The molecule has 1 aliphatic heterocycles.